The van der Waals surface area contributed by atoms with E-state index in [1.54, 1.807) is 0 Å². The molecule has 0 N–H and O–H groups in total. The van der Waals surface area contributed by atoms with E-state index >= 15 is 0 Å². The van der Waals surface area contributed by atoms with E-state index in [2.05, 4.69) is 0 Å². The van der Waals surface area contributed by atoms with E-state index < -0.39 is 0 Å². The Labute approximate surface area is 103 Å². The minimum atomic E-state index is 0.0967. The molecular formula is C15H20O2. The predicted octanol–water partition coefficient (Wildman–Crippen LogP) is 3.70. The van der Waals surface area contributed by atoms with Crippen molar-refractivity contribution in [3.63, 3.8) is 0 Å². The summed E-state index contributed by atoms with van der Waals surface area (Å²) in [4.78, 5) is 11.9. The van der Waals surface area contributed by atoms with Crippen LogP contribution in [0, 0.1) is 0 Å². The van der Waals surface area contributed by atoms with Gasteiger partial charge in [-0.25, -0.2) is 0 Å². The summed E-state index contributed by atoms with van der Waals surface area (Å²) in [5, 5.41) is 0. The fourth-order valence-electron chi connectivity index (χ4n) is 2.41. The van der Waals surface area contributed by atoms with Gasteiger partial charge in [0.15, 0.2) is 0 Å². The van der Waals surface area contributed by atoms with E-state index in [1.165, 1.54) is 0 Å². The molecule has 0 radical (unpaired) electrons. The number of hydrogen-bond acceptors (Lipinski definition) is 2. The maximum absolute atomic E-state index is 11.9. The summed E-state index contributed by atoms with van der Waals surface area (Å²) in [6, 6.07) is 8.00. The number of benzene rings is 1. The van der Waals surface area contributed by atoms with Crippen molar-refractivity contribution in [2.24, 2.45) is 0 Å². The highest BCUT2D eigenvalue weighted by Gasteiger charge is 2.23. The third-order valence-electron chi connectivity index (χ3n) is 3.19. The summed E-state index contributed by atoms with van der Waals surface area (Å²) in [5.74, 6) is 1.35. The monoisotopic (exact) mass is 232 g/mol. The lowest BCUT2D eigenvalue weighted by Gasteiger charge is -2.21. The number of rotatable bonds is 3. The van der Waals surface area contributed by atoms with Crippen molar-refractivity contribution in [3.8, 4) is 5.75 Å². The molecule has 1 aromatic rings. The molecule has 1 aromatic carbocycles. The minimum absolute atomic E-state index is 0.0967. The smallest absolute Gasteiger partial charge is 0.140 e. The quantitative estimate of drug-likeness (QED) is 0.794. The zero-order chi connectivity index (χ0) is 12.3. The standard InChI is InChI=1S/C15H20O2/c1-11(2)17-13-7-5-6-12(10-13)14-8-3-4-9-15(14)16/h5-7,10-11,14H,3-4,8-9H2,1-2H3. The van der Waals surface area contributed by atoms with Crippen LogP contribution in [0.15, 0.2) is 24.3 Å². The van der Waals surface area contributed by atoms with Crippen molar-refractivity contribution in [2.75, 3.05) is 0 Å². The SMILES string of the molecule is CC(C)Oc1cccc(C2CCCCC2=O)c1. The Kier molecular flexibility index (Phi) is 3.82. The summed E-state index contributed by atoms with van der Waals surface area (Å²) in [6.07, 6.45) is 4.11. The average Bonchev–Trinajstić information content (AvgIpc) is 2.29. The van der Waals surface area contributed by atoms with Crippen LogP contribution in [-0.4, -0.2) is 11.9 Å². The van der Waals surface area contributed by atoms with Crippen LogP contribution in [0.4, 0.5) is 0 Å². The highest BCUT2D eigenvalue weighted by Crippen LogP contribution is 2.31. The van der Waals surface area contributed by atoms with Gasteiger partial charge in [-0.05, 0) is 44.4 Å². The molecule has 1 unspecified atom stereocenters. The second-order valence-corrected chi connectivity index (χ2v) is 5.00. The van der Waals surface area contributed by atoms with E-state index in [9.17, 15) is 4.79 Å². The van der Waals surface area contributed by atoms with Crippen molar-refractivity contribution in [3.05, 3.63) is 29.8 Å². The third kappa shape index (κ3) is 3.09. The van der Waals surface area contributed by atoms with Gasteiger partial charge in [-0.15, -0.1) is 0 Å². The number of ketones is 1. The van der Waals surface area contributed by atoms with Gasteiger partial charge in [0, 0.05) is 12.3 Å². The number of carbonyl (C=O) groups excluding carboxylic acids is 1. The predicted molar refractivity (Wildman–Crippen MR) is 68.4 cm³/mol. The minimum Gasteiger partial charge on any atom is -0.491 e. The molecular weight excluding hydrogens is 212 g/mol. The van der Waals surface area contributed by atoms with E-state index in [0.29, 0.717) is 5.78 Å². The second kappa shape index (κ2) is 5.35. The van der Waals surface area contributed by atoms with Crippen LogP contribution in [0.5, 0.6) is 5.75 Å². The van der Waals surface area contributed by atoms with Gasteiger partial charge >= 0.3 is 0 Å². The molecule has 0 spiro atoms. The molecule has 17 heavy (non-hydrogen) atoms. The first-order valence-electron chi connectivity index (χ1n) is 6.46. The Morgan fingerprint density at radius 3 is 2.82 bits per heavy atom. The Morgan fingerprint density at radius 1 is 1.29 bits per heavy atom. The van der Waals surface area contributed by atoms with Crippen molar-refractivity contribution in [1.29, 1.82) is 0 Å². The maximum atomic E-state index is 11.9. The first-order valence-corrected chi connectivity index (χ1v) is 6.46. The maximum Gasteiger partial charge on any atom is 0.140 e. The molecule has 0 heterocycles. The van der Waals surface area contributed by atoms with Gasteiger partial charge in [-0.2, -0.15) is 0 Å². The fourth-order valence-corrected chi connectivity index (χ4v) is 2.41. The van der Waals surface area contributed by atoms with Crippen molar-refractivity contribution < 1.29 is 9.53 Å². The van der Waals surface area contributed by atoms with Gasteiger partial charge in [0.05, 0.1) is 6.10 Å². The van der Waals surface area contributed by atoms with Crippen molar-refractivity contribution in [1.82, 2.24) is 0 Å². The molecule has 2 nitrogen and oxygen atoms in total. The Balaban J connectivity index is 2.17. The molecule has 1 saturated carbocycles. The molecule has 2 heteroatoms. The second-order valence-electron chi connectivity index (χ2n) is 5.00. The Bertz CT molecular complexity index is 396. The molecule has 1 aliphatic carbocycles. The zero-order valence-electron chi connectivity index (χ0n) is 10.6. The van der Waals surface area contributed by atoms with Gasteiger partial charge in [0.1, 0.15) is 11.5 Å². The lowest BCUT2D eigenvalue weighted by Crippen LogP contribution is -2.17. The first kappa shape index (κ1) is 12.2. The Morgan fingerprint density at radius 2 is 2.12 bits per heavy atom. The van der Waals surface area contributed by atoms with Crippen LogP contribution in [-0.2, 0) is 4.79 Å². The van der Waals surface area contributed by atoms with Crippen molar-refractivity contribution in [2.45, 2.75) is 51.6 Å². The number of Topliss-reactive ketones (excluding diaryl/α,β-unsaturated/α-hetero) is 1. The number of carbonyl (C=O) groups is 1. The molecule has 0 bridgehead atoms. The highest BCUT2D eigenvalue weighted by molar-refractivity contribution is 5.86. The highest BCUT2D eigenvalue weighted by atomic mass is 16.5. The Hall–Kier alpha value is -1.31. The van der Waals surface area contributed by atoms with Gasteiger partial charge in [-0.3, -0.25) is 4.79 Å². The van der Waals surface area contributed by atoms with Crippen LogP contribution in [0.3, 0.4) is 0 Å². The summed E-state index contributed by atoms with van der Waals surface area (Å²) in [5.41, 5.74) is 1.12. The molecule has 0 aromatic heterocycles. The summed E-state index contributed by atoms with van der Waals surface area (Å²) in [6.45, 7) is 4.02. The van der Waals surface area contributed by atoms with Crippen LogP contribution >= 0.6 is 0 Å². The van der Waals surface area contributed by atoms with E-state index in [0.717, 1.165) is 37.0 Å². The summed E-state index contributed by atoms with van der Waals surface area (Å²) < 4.78 is 5.67. The largest absolute Gasteiger partial charge is 0.491 e. The number of hydrogen-bond donors (Lipinski definition) is 0. The molecule has 1 aliphatic rings. The average molecular weight is 232 g/mol. The van der Waals surface area contributed by atoms with Gasteiger partial charge in [0.2, 0.25) is 0 Å². The van der Waals surface area contributed by atoms with Crippen LogP contribution in [0.25, 0.3) is 0 Å². The normalized spacial score (nSPS) is 20.6. The van der Waals surface area contributed by atoms with E-state index in [-0.39, 0.29) is 12.0 Å². The summed E-state index contributed by atoms with van der Waals surface area (Å²) >= 11 is 0. The molecule has 92 valence electrons. The van der Waals surface area contributed by atoms with Gasteiger partial charge in [0.25, 0.3) is 0 Å². The lowest BCUT2D eigenvalue weighted by molar-refractivity contribution is -0.121. The summed E-state index contributed by atoms with van der Waals surface area (Å²) in [7, 11) is 0. The van der Waals surface area contributed by atoms with Crippen LogP contribution < -0.4 is 4.74 Å². The van der Waals surface area contributed by atoms with Gasteiger partial charge in [-0.1, -0.05) is 18.6 Å². The zero-order valence-corrected chi connectivity index (χ0v) is 10.6. The molecule has 1 atom stereocenters. The molecule has 0 saturated heterocycles. The van der Waals surface area contributed by atoms with E-state index in [4.69, 9.17) is 4.74 Å². The molecule has 0 aliphatic heterocycles. The third-order valence-corrected chi connectivity index (χ3v) is 3.19. The van der Waals surface area contributed by atoms with Crippen LogP contribution in [0.2, 0.25) is 0 Å². The van der Waals surface area contributed by atoms with Crippen LogP contribution in [0.1, 0.15) is 51.0 Å². The van der Waals surface area contributed by atoms with E-state index in [1.807, 2.05) is 38.1 Å². The molecule has 0 amide bonds. The fraction of sp³-hybridized carbons (Fsp3) is 0.533. The first-order chi connectivity index (χ1) is 8.16. The van der Waals surface area contributed by atoms with Gasteiger partial charge < -0.3 is 4.74 Å². The molecule has 2 rings (SSSR count). The lowest BCUT2D eigenvalue weighted by atomic mass is 9.83. The topological polar surface area (TPSA) is 26.3 Å². The molecule has 1 fully saturated rings. The number of ether oxygens (including phenoxy) is 1. The van der Waals surface area contributed by atoms with Crippen molar-refractivity contribution >= 4 is 5.78 Å².